The quantitative estimate of drug-likeness (QED) is 0.387. The number of allylic oxidation sites excluding steroid dienone is 1. The summed E-state index contributed by atoms with van der Waals surface area (Å²) in [5, 5.41) is 13.6. The van der Waals surface area contributed by atoms with E-state index in [1.54, 1.807) is 10.6 Å². The summed E-state index contributed by atoms with van der Waals surface area (Å²) in [6.07, 6.45) is 2.77. The SMILES string of the molecule is O=c1c2cc([N+](=O)[O-])ccc2nc2n1CC/C2=C/c1ccc2ccccc2c1. The maximum absolute atomic E-state index is 12.8. The van der Waals surface area contributed by atoms with E-state index in [1.807, 2.05) is 12.1 Å². The topological polar surface area (TPSA) is 78.0 Å². The highest BCUT2D eigenvalue weighted by atomic mass is 16.6. The fourth-order valence-electron chi connectivity index (χ4n) is 3.75. The molecule has 0 spiro atoms. The molecule has 0 unspecified atom stereocenters. The first-order valence-electron chi connectivity index (χ1n) is 8.99. The van der Waals surface area contributed by atoms with Gasteiger partial charge in [-0.25, -0.2) is 4.98 Å². The second-order valence-electron chi connectivity index (χ2n) is 6.88. The third-order valence-electron chi connectivity index (χ3n) is 5.15. The smallest absolute Gasteiger partial charge is 0.270 e. The predicted molar refractivity (Wildman–Crippen MR) is 109 cm³/mol. The largest absolute Gasteiger partial charge is 0.292 e. The Balaban J connectivity index is 1.64. The standard InChI is InChI=1S/C22H15N3O3/c26-22-19-13-18(25(27)28)7-8-20(19)23-21-17(9-10-24(21)22)12-14-5-6-15-3-1-2-4-16(15)11-14/h1-8,11-13H,9-10H2/b17-12-. The average molecular weight is 369 g/mol. The molecule has 136 valence electrons. The van der Waals surface area contributed by atoms with Gasteiger partial charge >= 0.3 is 0 Å². The number of hydrogen-bond donors (Lipinski definition) is 0. The van der Waals surface area contributed by atoms with Gasteiger partial charge in [-0.15, -0.1) is 0 Å². The second kappa shape index (κ2) is 6.13. The molecule has 0 N–H and O–H groups in total. The number of hydrogen-bond acceptors (Lipinski definition) is 4. The number of rotatable bonds is 2. The van der Waals surface area contributed by atoms with Crippen molar-refractivity contribution in [2.45, 2.75) is 13.0 Å². The molecule has 0 amide bonds. The van der Waals surface area contributed by atoms with Gasteiger partial charge in [0.15, 0.2) is 0 Å². The molecule has 0 saturated carbocycles. The fraction of sp³-hybridized carbons (Fsp3) is 0.0909. The van der Waals surface area contributed by atoms with Crippen LogP contribution in [0.4, 0.5) is 5.69 Å². The second-order valence-corrected chi connectivity index (χ2v) is 6.88. The molecule has 28 heavy (non-hydrogen) atoms. The Kier molecular flexibility index (Phi) is 3.58. The third-order valence-corrected chi connectivity index (χ3v) is 5.15. The number of nitrogens with zero attached hydrogens (tertiary/aromatic N) is 3. The molecule has 0 fully saturated rings. The van der Waals surface area contributed by atoms with Gasteiger partial charge in [0.1, 0.15) is 5.82 Å². The van der Waals surface area contributed by atoms with Crippen molar-refractivity contribution in [1.29, 1.82) is 0 Å². The monoisotopic (exact) mass is 369 g/mol. The highest BCUT2D eigenvalue weighted by Gasteiger charge is 2.22. The van der Waals surface area contributed by atoms with Crippen LogP contribution >= 0.6 is 0 Å². The Bertz CT molecular complexity index is 1370. The molecular formula is C22H15N3O3. The van der Waals surface area contributed by atoms with E-state index in [4.69, 9.17) is 0 Å². The van der Waals surface area contributed by atoms with Gasteiger partial charge in [0.2, 0.25) is 0 Å². The Hall–Kier alpha value is -3.80. The number of benzene rings is 3. The lowest BCUT2D eigenvalue weighted by Crippen LogP contribution is -2.20. The van der Waals surface area contributed by atoms with Crippen LogP contribution in [0.15, 0.2) is 65.5 Å². The maximum Gasteiger partial charge on any atom is 0.270 e. The Morgan fingerprint density at radius 3 is 2.68 bits per heavy atom. The van der Waals surface area contributed by atoms with Crippen molar-refractivity contribution in [2.24, 2.45) is 0 Å². The lowest BCUT2D eigenvalue weighted by Gasteiger charge is -2.06. The molecule has 0 bridgehead atoms. The number of nitro groups is 1. The van der Waals surface area contributed by atoms with E-state index in [-0.39, 0.29) is 16.6 Å². The number of non-ortho nitro benzene ring substituents is 1. The molecule has 5 rings (SSSR count). The molecule has 0 atom stereocenters. The predicted octanol–water partition coefficient (Wildman–Crippen LogP) is 4.40. The van der Waals surface area contributed by atoms with E-state index >= 15 is 0 Å². The summed E-state index contributed by atoms with van der Waals surface area (Å²) in [5.74, 6) is 0.638. The van der Waals surface area contributed by atoms with Crippen molar-refractivity contribution in [1.82, 2.24) is 9.55 Å². The summed E-state index contributed by atoms with van der Waals surface area (Å²) >= 11 is 0. The van der Waals surface area contributed by atoms with Crippen molar-refractivity contribution >= 4 is 39.0 Å². The molecule has 6 nitrogen and oxygen atoms in total. The summed E-state index contributed by atoms with van der Waals surface area (Å²) in [4.78, 5) is 28.0. The maximum atomic E-state index is 12.8. The zero-order valence-corrected chi connectivity index (χ0v) is 14.8. The van der Waals surface area contributed by atoms with Crippen LogP contribution in [-0.2, 0) is 6.54 Å². The third kappa shape index (κ3) is 2.58. The average Bonchev–Trinajstić information content (AvgIpc) is 3.10. The van der Waals surface area contributed by atoms with Crippen molar-refractivity contribution < 1.29 is 4.92 Å². The molecule has 1 aliphatic heterocycles. The van der Waals surface area contributed by atoms with Gasteiger partial charge in [0, 0.05) is 18.7 Å². The van der Waals surface area contributed by atoms with E-state index in [2.05, 4.69) is 41.4 Å². The molecule has 4 aromatic rings. The van der Waals surface area contributed by atoms with Crippen LogP contribution in [0.25, 0.3) is 33.3 Å². The Labute approximate surface area is 159 Å². The Morgan fingerprint density at radius 2 is 1.86 bits per heavy atom. The minimum absolute atomic E-state index is 0.100. The van der Waals surface area contributed by atoms with Crippen LogP contribution in [0.3, 0.4) is 0 Å². The van der Waals surface area contributed by atoms with E-state index in [9.17, 15) is 14.9 Å². The van der Waals surface area contributed by atoms with E-state index in [0.29, 0.717) is 24.3 Å². The molecule has 0 radical (unpaired) electrons. The summed E-state index contributed by atoms with van der Waals surface area (Å²) in [5.41, 5.74) is 2.20. The van der Waals surface area contributed by atoms with Gasteiger partial charge in [-0.05, 0) is 46.5 Å². The van der Waals surface area contributed by atoms with Crippen LogP contribution in [0.1, 0.15) is 17.8 Å². The van der Waals surface area contributed by atoms with Crippen molar-refractivity contribution in [3.05, 3.63) is 92.5 Å². The van der Waals surface area contributed by atoms with Crippen LogP contribution in [-0.4, -0.2) is 14.5 Å². The summed E-state index contributed by atoms with van der Waals surface area (Å²) in [7, 11) is 0. The van der Waals surface area contributed by atoms with Crippen molar-refractivity contribution in [3.8, 4) is 0 Å². The van der Waals surface area contributed by atoms with Gasteiger partial charge in [-0.3, -0.25) is 19.5 Å². The van der Waals surface area contributed by atoms with E-state index < -0.39 is 4.92 Å². The first-order valence-corrected chi connectivity index (χ1v) is 8.99. The van der Waals surface area contributed by atoms with Gasteiger partial charge in [-0.1, -0.05) is 36.4 Å². The molecular weight excluding hydrogens is 354 g/mol. The molecule has 2 heterocycles. The van der Waals surface area contributed by atoms with Crippen LogP contribution in [0.2, 0.25) is 0 Å². The molecule has 0 aliphatic carbocycles. The minimum atomic E-state index is -0.498. The van der Waals surface area contributed by atoms with Crippen LogP contribution in [0, 0.1) is 10.1 Å². The van der Waals surface area contributed by atoms with Crippen molar-refractivity contribution in [3.63, 3.8) is 0 Å². The van der Waals surface area contributed by atoms with Gasteiger partial charge in [0.25, 0.3) is 11.2 Å². The van der Waals surface area contributed by atoms with Gasteiger partial charge < -0.3 is 0 Å². The lowest BCUT2D eigenvalue weighted by atomic mass is 10.0. The molecule has 3 aromatic carbocycles. The first-order chi connectivity index (χ1) is 13.6. The zero-order chi connectivity index (χ0) is 19.3. The minimum Gasteiger partial charge on any atom is -0.292 e. The number of nitro benzene ring substituents is 1. The van der Waals surface area contributed by atoms with E-state index in [0.717, 1.165) is 16.5 Å². The van der Waals surface area contributed by atoms with Crippen LogP contribution < -0.4 is 5.56 Å². The Morgan fingerprint density at radius 1 is 1.04 bits per heavy atom. The summed E-state index contributed by atoms with van der Waals surface area (Å²) in [6.45, 7) is 0.527. The normalized spacial score (nSPS) is 14.6. The first kappa shape index (κ1) is 16.4. The fourth-order valence-corrected chi connectivity index (χ4v) is 3.75. The van der Waals surface area contributed by atoms with Crippen molar-refractivity contribution in [2.75, 3.05) is 0 Å². The highest BCUT2D eigenvalue weighted by Crippen LogP contribution is 2.29. The van der Waals surface area contributed by atoms with Gasteiger partial charge in [-0.2, -0.15) is 0 Å². The highest BCUT2D eigenvalue weighted by molar-refractivity contribution is 5.89. The molecule has 1 aliphatic rings. The number of aromatic nitrogens is 2. The van der Waals surface area contributed by atoms with Gasteiger partial charge in [0.05, 0.1) is 15.8 Å². The zero-order valence-electron chi connectivity index (χ0n) is 14.8. The molecule has 0 saturated heterocycles. The summed E-state index contributed by atoms with van der Waals surface area (Å²) in [6, 6.07) is 18.7. The molecule has 1 aromatic heterocycles. The molecule has 6 heteroatoms. The lowest BCUT2D eigenvalue weighted by molar-refractivity contribution is -0.384. The summed E-state index contributed by atoms with van der Waals surface area (Å²) < 4.78 is 1.61. The van der Waals surface area contributed by atoms with E-state index in [1.165, 1.54) is 17.5 Å². The van der Waals surface area contributed by atoms with Crippen LogP contribution in [0.5, 0.6) is 0 Å². The number of fused-ring (bicyclic) bond motifs is 3.